The molecule has 2 rings (SSSR count). The van der Waals surface area contributed by atoms with Gasteiger partial charge in [0.25, 0.3) is 5.56 Å². The summed E-state index contributed by atoms with van der Waals surface area (Å²) in [5, 5.41) is 0.700. The number of aromatic amines is 1. The van der Waals surface area contributed by atoms with Crippen molar-refractivity contribution in [1.29, 1.82) is 0 Å². The van der Waals surface area contributed by atoms with E-state index in [0.717, 1.165) is 29.7 Å². The molecule has 0 radical (unpaired) electrons. The van der Waals surface area contributed by atoms with Crippen LogP contribution in [0.3, 0.4) is 0 Å². The van der Waals surface area contributed by atoms with Crippen molar-refractivity contribution in [2.75, 3.05) is 6.26 Å². The van der Waals surface area contributed by atoms with Crippen LogP contribution in [-0.4, -0.2) is 16.2 Å². The number of nitrogens with one attached hydrogen (secondary N) is 1. The maximum absolute atomic E-state index is 12.3. The molecule has 0 unspecified atom stereocenters. The average Bonchev–Trinajstić information content (AvgIpc) is 2.44. The van der Waals surface area contributed by atoms with E-state index >= 15 is 0 Å². The van der Waals surface area contributed by atoms with Gasteiger partial charge in [-0.25, -0.2) is 4.98 Å². The lowest BCUT2D eigenvalue weighted by molar-refractivity contribution is 0.789. The van der Waals surface area contributed by atoms with Crippen LogP contribution in [-0.2, 0) is 12.8 Å². The molecule has 2 aromatic rings. The third-order valence-electron chi connectivity index (χ3n) is 3.26. The Labute approximate surface area is 123 Å². The van der Waals surface area contributed by atoms with Crippen LogP contribution in [0.4, 0.5) is 0 Å². The summed E-state index contributed by atoms with van der Waals surface area (Å²) in [5.74, 6) is 0. The fourth-order valence-corrected chi connectivity index (χ4v) is 2.55. The molecule has 0 bridgehead atoms. The molecule has 20 heavy (non-hydrogen) atoms. The normalized spacial score (nSPS) is 10.8. The lowest BCUT2D eigenvalue weighted by atomic mass is 10.0. The van der Waals surface area contributed by atoms with E-state index in [1.165, 1.54) is 17.3 Å². The minimum absolute atomic E-state index is 0.00613. The average molecular weight is 288 g/mol. The predicted octanol–water partition coefficient (Wildman–Crippen LogP) is 3.34. The molecule has 1 aromatic heterocycles. The summed E-state index contributed by atoms with van der Waals surface area (Å²) in [6, 6.07) is 8.30. The van der Waals surface area contributed by atoms with E-state index in [1.54, 1.807) is 0 Å². The Morgan fingerprint density at radius 2 is 1.95 bits per heavy atom. The number of rotatable bonds is 5. The molecular formula is C16H20N2OS. The molecule has 1 aromatic carbocycles. The van der Waals surface area contributed by atoms with Gasteiger partial charge in [-0.2, -0.15) is 0 Å². The van der Waals surface area contributed by atoms with E-state index in [1.807, 2.05) is 6.26 Å². The Bertz CT molecular complexity index is 632. The molecular weight excluding hydrogens is 268 g/mol. The number of benzene rings is 1. The first-order valence-electron chi connectivity index (χ1n) is 6.85. The van der Waals surface area contributed by atoms with Gasteiger partial charge in [0.15, 0.2) is 5.16 Å². The van der Waals surface area contributed by atoms with Gasteiger partial charge < -0.3 is 4.98 Å². The van der Waals surface area contributed by atoms with Crippen LogP contribution in [0.25, 0.3) is 0 Å². The number of aromatic nitrogens is 2. The van der Waals surface area contributed by atoms with Crippen LogP contribution in [0.2, 0.25) is 0 Å². The summed E-state index contributed by atoms with van der Waals surface area (Å²) < 4.78 is 0. The van der Waals surface area contributed by atoms with Gasteiger partial charge in [-0.15, -0.1) is 0 Å². The quantitative estimate of drug-likeness (QED) is 0.678. The number of thioether (sulfide) groups is 1. The van der Waals surface area contributed by atoms with Gasteiger partial charge in [0, 0.05) is 12.0 Å². The Morgan fingerprint density at radius 1 is 1.25 bits per heavy atom. The van der Waals surface area contributed by atoms with E-state index < -0.39 is 0 Å². The molecule has 0 amide bonds. The summed E-state index contributed by atoms with van der Waals surface area (Å²) in [7, 11) is 0. The second-order valence-corrected chi connectivity index (χ2v) is 5.71. The number of hydrogen-bond donors (Lipinski definition) is 1. The van der Waals surface area contributed by atoms with Crippen LogP contribution in [0.5, 0.6) is 0 Å². The zero-order chi connectivity index (χ0) is 14.5. The minimum Gasteiger partial charge on any atom is -0.301 e. The van der Waals surface area contributed by atoms with Gasteiger partial charge in [0.05, 0.1) is 5.69 Å². The zero-order valence-electron chi connectivity index (χ0n) is 12.2. The fourth-order valence-electron chi connectivity index (χ4n) is 2.15. The highest BCUT2D eigenvalue weighted by molar-refractivity contribution is 7.98. The lowest BCUT2D eigenvalue weighted by Crippen LogP contribution is -2.19. The first-order valence-corrected chi connectivity index (χ1v) is 8.08. The second-order valence-electron chi connectivity index (χ2n) is 4.91. The summed E-state index contributed by atoms with van der Waals surface area (Å²) >= 11 is 1.47. The molecule has 1 heterocycles. The third-order valence-corrected chi connectivity index (χ3v) is 3.84. The molecule has 0 saturated carbocycles. The van der Waals surface area contributed by atoms with Crippen LogP contribution < -0.4 is 5.56 Å². The second kappa shape index (κ2) is 6.75. The van der Waals surface area contributed by atoms with E-state index in [-0.39, 0.29) is 5.56 Å². The van der Waals surface area contributed by atoms with Gasteiger partial charge in [-0.05, 0) is 25.2 Å². The number of aryl methyl sites for hydroxylation is 2. The zero-order valence-corrected chi connectivity index (χ0v) is 13.0. The SMILES string of the molecule is CCCc1nc(SC)[nH]c(=O)c1Cc1ccc(C)cc1. The third kappa shape index (κ3) is 3.51. The standard InChI is InChI=1S/C16H20N2OS/c1-4-5-14-13(15(19)18-16(17-14)20-3)10-12-8-6-11(2)7-9-12/h6-9H,4-5,10H2,1-3H3,(H,17,18,19). The topological polar surface area (TPSA) is 45.8 Å². The van der Waals surface area contributed by atoms with Gasteiger partial charge in [0.2, 0.25) is 0 Å². The Morgan fingerprint density at radius 3 is 2.55 bits per heavy atom. The maximum Gasteiger partial charge on any atom is 0.255 e. The summed E-state index contributed by atoms with van der Waals surface area (Å²) in [6.45, 7) is 4.17. The van der Waals surface area contributed by atoms with Crippen molar-refractivity contribution in [3.05, 3.63) is 57.0 Å². The van der Waals surface area contributed by atoms with Crippen molar-refractivity contribution in [2.45, 2.75) is 38.3 Å². The van der Waals surface area contributed by atoms with Gasteiger partial charge >= 0.3 is 0 Å². The molecule has 0 aliphatic carbocycles. The monoisotopic (exact) mass is 288 g/mol. The van der Waals surface area contributed by atoms with Crippen molar-refractivity contribution in [2.24, 2.45) is 0 Å². The fraction of sp³-hybridized carbons (Fsp3) is 0.375. The first kappa shape index (κ1) is 14.9. The maximum atomic E-state index is 12.3. The van der Waals surface area contributed by atoms with Crippen molar-refractivity contribution in [3.63, 3.8) is 0 Å². The molecule has 1 N–H and O–H groups in total. The van der Waals surface area contributed by atoms with Gasteiger partial charge in [-0.1, -0.05) is 54.9 Å². The Kier molecular flexibility index (Phi) is 5.01. The Balaban J connectivity index is 2.39. The Hall–Kier alpha value is -1.55. The van der Waals surface area contributed by atoms with Crippen LogP contribution in [0, 0.1) is 6.92 Å². The number of hydrogen-bond acceptors (Lipinski definition) is 3. The van der Waals surface area contributed by atoms with E-state index in [9.17, 15) is 4.79 Å². The number of H-pyrrole nitrogens is 1. The number of nitrogens with zero attached hydrogens (tertiary/aromatic N) is 1. The van der Waals surface area contributed by atoms with Crippen LogP contribution in [0.1, 0.15) is 35.7 Å². The highest BCUT2D eigenvalue weighted by Crippen LogP contribution is 2.14. The molecule has 4 heteroatoms. The molecule has 0 fully saturated rings. The summed E-state index contributed by atoms with van der Waals surface area (Å²) in [5.41, 5.74) is 4.10. The van der Waals surface area contributed by atoms with E-state index in [0.29, 0.717) is 11.6 Å². The van der Waals surface area contributed by atoms with Crippen molar-refractivity contribution >= 4 is 11.8 Å². The van der Waals surface area contributed by atoms with Crippen LogP contribution >= 0.6 is 11.8 Å². The lowest BCUT2D eigenvalue weighted by Gasteiger charge is -2.09. The van der Waals surface area contributed by atoms with E-state index in [2.05, 4.69) is 48.1 Å². The summed E-state index contributed by atoms with van der Waals surface area (Å²) in [6.07, 6.45) is 4.41. The van der Waals surface area contributed by atoms with E-state index in [4.69, 9.17) is 0 Å². The molecule has 3 nitrogen and oxygen atoms in total. The molecule has 0 spiro atoms. The smallest absolute Gasteiger partial charge is 0.255 e. The van der Waals surface area contributed by atoms with Crippen molar-refractivity contribution < 1.29 is 0 Å². The molecule has 0 saturated heterocycles. The highest BCUT2D eigenvalue weighted by atomic mass is 32.2. The van der Waals surface area contributed by atoms with Crippen molar-refractivity contribution in [3.8, 4) is 0 Å². The van der Waals surface area contributed by atoms with Gasteiger partial charge in [0.1, 0.15) is 0 Å². The largest absolute Gasteiger partial charge is 0.301 e. The highest BCUT2D eigenvalue weighted by Gasteiger charge is 2.11. The van der Waals surface area contributed by atoms with Crippen molar-refractivity contribution in [1.82, 2.24) is 9.97 Å². The molecule has 0 aliphatic rings. The minimum atomic E-state index is -0.00613. The summed E-state index contributed by atoms with van der Waals surface area (Å²) in [4.78, 5) is 19.7. The van der Waals surface area contributed by atoms with Crippen LogP contribution in [0.15, 0.2) is 34.2 Å². The molecule has 106 valence electrons. The van der Waals surface area contributed by atoms with Gasteiger partial charge in [-0.3, -0.25) is 4.79 Å². The first-order chi connectivity index (χ1) is 9.63. The molecule has 0 aliphatic heterocycles. The molecule has 0 atom stereocenters. The predicted molar refractivity (Wildman–Crippen MR) is 84.6 cm³/mol.